The Morgan fingerprint density at radius 2 is 1.29 bits per heavy atom. The van der Waals surface area contributed by atoms with Gasteiger partial charge in [-0.1, -0.05) is 0 Å². The molecular formula is C10H26NO5Si+. The van der Waals surface area contributed by atoms with Crippen molar-refractivity contribution in [2.24, 2.45) is 0 Å². The molecule has 0 aromatic heterocycles. The number of hydrogen-bond donors (Lipinski definition) is 2. The van der Waals surface area contributed by atoms with Gasteiger partial charge < -0.3 is 28.0 Å². The summed E-state index contributed by atoms with van der Waals surface area (Å²) in [6.07, 6.45) is 0. The second kappa shape index (κ2) is 8.14. The summed E-state index contributed by atoms with van der Waals surface area (Å²) in [5, 5.41) is 18.1. The van der Waals surface area contributed by atoms with Crippen LogP contribution in [0.3, 0.4) is 0 Å². The molecule has 0 unspecified atom stereocenters. The number of quaternary nitrogens is 1. The summed E-state index contributed by atoms with van der Waals surface area (Å²) in [6.45, 7) is 2.13. The summed E-state index contributed by atoms with van der Waals surface area (Å²) in [5.74, 6) is 0. The predicted molar refractivity (Wildman–Crippen MR) is 66.5 cm³/mol. The monoisotopic (exact) mass is 268 g/mol. The van der Waals surface area contributed by atoms with Crippen LogP contribution in [0.25, 0.3) is 0 Å². The molecule has 0 aromatic rings. The fraction of sp³-hybridized carbons (Fsp3) is 1.00. The van der Waals surface area contributed by atoms with E-state index in [1.807, 2.05) is 7.05 Å². The Kier molecular flexibility index (Phi) is 8.13. The van der Waals surface area contributed by atoms with Crippen LogP contribution in [0, 0.1) is 0 Å². The van der Waals surface area contributed by atoms with Gasteiger partial charge in [-0.05, 0) is 0 Å². The quantitative estimate of drug-likeness (QED) is 0.405. The normalized spacial score (nSPS) is 13.1. The van der Waals surface area contributed by atoms with Crippen molar-refractivity contribution >= 4 is 8.80 Å². The van der Waals surface area contributed by atoms with E-state index in [1.54, 1.807) is 21.3 Å². The summed E-state index contributed by atoms with van der Waals surface area (Å²) in [7, 11) is 4.18. The van der Waals surface area contributed by atoms with Crippen LogP contribution in [0.5, 0.6) is 0 Å². The molecule has 0 spiro atoms. The molecule has 0 atom stereocenters. The highest BCUT2D eigenvalue weighted by molar-refractivity contribution is 6.60. The first kappa shape index (κ1) is 17.0. The third kappa shape index (κ3) is 5.43. The van der Waals surface area contributed by atoms with E-state index in [0.717, 1.165) is 6.54 Å². The zero-order chi connectivity index (χ0) is 13.4. The van der Waals surface area contributed by atoms with Gasteiger partial charge in [0, 0.05) is 21.3 Å². The standard InChI is InChI=1S/C10H26NO5Si/c1-11(5-8-12,6-9-13)7-10-17(14-2,15-3)16-4/h12-13H,5-10H2,1-4H3/q+1. The van der Waals surface area contributed by atoms with E-state index in [9.17, 15) is 0 Å². The lowest BCUT2D eigenvalue weighted by atomic mass is 10.4. The fourth-order valence-corrected chi connectivity index (χ4v) is 3.71. The second-order valence-corrected chi connectivity index (χ2v) is 7.37. The average Bonchev–Trinajstić information content (AvgIpc) is 2.32. The maximum Gasteiger partial charge on any atom is 0.505 e. The summed E-state index contributed by atoms with van der Waals surface area (Å²) in [6, 6.07) is 0.660. The van der Waals surface area contributed by atoms with Gasteiger partial charge in [-0.25, -0.2) is 0 Å². The SMILES string of the molecule is CO[Si](CC[N+](C)(CCO)CCO)(OC)OC. The molecule has 2 N–H and O–H groups in total. The van der Waals surface area contributed by atoms with Crippen molar-refractivity contribution < 1.29 is 28.0 Å². The molecule has 17 heavy (non-hydrogen) atoms. The molecule has 104 valence electrons. The average molecular weight is 268 g/mol. The third-order valence-corrected chi connectivity index (χ3v) is 5.87. The minimum Gasteiger partial charge on any atom is -0.391 e. The highest BCUT2D eigenvalue weighted by atomic mass is 28.4. The van der Waals surface area contributed by atoms with Crippen LogP contribution >= 0.6 is 0 Å². The van der Waals surface area contributed by atoms with Gasteiger partial charge in [-0.3, -0.25) is 0 Å². The van der Waals surface area contributed by atoms with Crippen LogP contribution in [0.1, 0.15) is 0 Å². The molecule has 6 nitrogen and oxygen atoms in total. The highest BCUT2D eigenvalue weighted by Crippen LogP contribution is 2.16. The molecule has 0 rings (SSSR count). The highest BCUT2D eigenvalue weighted by Gasteiger charge is 2.40. The number of hydrogen-bond acceptors (Lipinski definition) is 5. The van der Waals surface area contributed by atoms with E-state index in [0.29, 0.717) is 23.6 Å². The van der Waals surface area contributed by atoms with Crippen molar-refractivity contribution in [2.45, 2.75) is 6.04 Å². The summed E-state index contributed by atoms with van der Waals surface area (Å²) >= 11 is 0. The first-order chi connectivity index (χ1) is 8.01. The van der Waals surface area contributed by atoms with Crippen LogP contribution in [0.2, 0.25) is 6.04 Å². The minimum atomic E-state index is -2.56. The van der Waals surface area contributed by atoms with Crippen molar-refractivity contribution in [1.82, 2.24) is 0 Å². The fourth-order valence-electron chi connectivity index (χ4n) is 1.78. The Balaban J connectivity index is 4.45. The van der Waals surface area contributed by atoms with Gasteiger partial charge in [-0.2, -0.15) is 0 Å². The lowest BCUT2D eigenvalue weighted by Crippen LogP contribution is -2.53. The Hall–Kier alpha value is -0.0231. The first-order valence-electron chi connectivity index (χ1n) is 5.72. The number of aliphatic hydroxyl groups is 2. The van der Waals surface area contributed by atoms with Crippen LogP contribution in [-0.4, -0.2) is 84.7 Å². The smallest absolute Gasteiger partial charge is 0.391 e. The van der Waals surface area contributed by atoms with Gasteiger partial charge in [0.05, 0.1) is 32.9 Å². The maximum atomic E-state index is 9.05. The molecule has 0 aliphatic carbocycles. The molecule has 7 heteroatoms. The Labute approximate surface area is 105 Å². The number of aliphatic hydroxyl groups excluding tert-OH is 2. The lowest BCUT2D eigenvalue weighted by Gasteiger charge is -2.35. The van der Waals surface area contributed by atoms with Crippen LogP contribution in [0.4, 0.5) is 0 Å². The van der Waals surface area contributed by atoms with Gasteiger partial charge >= 0.3 is 8.80 Å². The molecule has 0 radical (unpaired) electrons. The molecule has 0 heterocycles. The number of nitrogens with zero attached hydrogens (tertiary/aromatic N) is 1. The largest absolute Gasteiger partial charge is 0.505 e. The number of likely N-dealkylation sites (N-methyl/N-ethyl adjacent to an activating group) is 1. The van der Waals surface area contributed by atoms with E-state index in [4.69, 9.17) is 23.5 Å². The summed E-state index contributed by atoms with van der Waals surface area (Å²) < 4.78 is 16.6. The first-order valence-corrected chi connectivity index (χ1v) is 7.65. The van der Waals surface area contributed by atoms with E-state index in [2.05, 4.69) is 0 Å². The maximum absolute atomic E-state index is 9.05. The minimum absolute atomic E-state index is 0.0952. The van der Waals surface area contributed by atoms with E-state index >= 15 is 0 Å². The molecule has 0 aliphatic heterocycles. The third-order valence-electron chi connectivity index (χ3n) is 3.17. The molecule has 0 aliphatic rings. The van der Waals surface area contributed by atoms with Crippen molar-refractivity contribution in [3.63, 3.8) is 0 Å². The Morgan fingerprint density at radius 3 is 1.59 bits per heavy atom. The number of rotatable bonds is 10. The van der Waals surface area contributed by atoms with E-state index in [1.165, 1.54) is 0 Å². The molecule has 0 saturated carbocycles. The van der Waals surface area contributed by atoms with Crippen LogP contribution in [-0.2, 0) is 13.3 Å². The summed E-state index contributed by atoms with van der Waals surface area (Å²) in [5.41, 5.74) is 0. The Morgan fingerprint density at radius 1 is 0.882 bits per heavy atom. The van der Waals surface area contributed by atoms with Crippen molar-refractivity contribution in [2.75, 3.05) is 61.2 Å². The molecular weight excluding hydrogens is 242 g/mol. The van der Waals surface area contributed by atoms with Gasteiger partial charge in [0.25, 0.3) is 0 Å². The second-order valence-electron chi connectivity index (χ2n) is 4.28. The molecule has 0 saturated heterocycles. The van der Waals surface area contributed by atoms with E-state index in [-0.39, 0.29) is 13.2 Å². The van der Waals surface area contributed by atoms with E-state index < -0.39 is 8.80 Å². The van der Waals surface area contributed by atoms with Crippen molar-refractivity contribution in [1.29, 1.82) is 0 Å². The predicted octanol–water partition coefficient (Wildman–Crippen LogP) is -0.704. The van der Waals surface area contributed by atoms with Gasteiger partial charge in [0.2, 0.25) is 0 Å². The van der Waals surface area contributed by atoms with Crippen LogP contribution in [0.15, 0.2) is 0 Å². The topological polar surface area (TPSA) is 68.2 Å². The van der Waals surface area contributed by atoms with Gasteiger partial charge in [0.1, 0.15) is 13.1 Å². The van der Waals surface area contributed by atoms with Crippen molar-refractivity contribution in [3.8, 4) is 0 Å². The molecule has 0 amide bonds. The van der Waals surface area contributed by atoms with Gasteiger partial charge in [0.15, 0.2) is 0 Å². The molecule has 0 bridgehead atoms. The van der Waals surface area contributed by atoms with Crippen LogP contribution < -0.4 is 0 Å². The lowest BCUT2D eigenvalue weighted by molar-refractivity contribution is -0.908. The Bertz CT molecular complexity index is 187. The zero-order valence-electron chi connectivity index (χ0n) is 11.3. The molecule has 0 aromatic carbocycles. The molecule has 0 fully saturated rings. The van der Waals surface area contributed by atoms with Gasteiger partial charge in [-0.15, -0.1) is 0 Å². The van der Waals surface area contributed by atoms with Crippen molar-refractivity contribution in [3.05, 3.63) is 0 Å². The summed E-state index contributed by atoms with van der Waals surface area (Å²) in [4.78, 5) is 0. The zero-order valence-corrected chi connectivity index (χ0v) is 12.3.